The van der Waals surface area contributed by atoms with E-state index in [0.717, 1.165) is 16.6 Å². The summed E-state index contributed by atoms with van der Waals surface area (Å²) in [5.41, 5.74) is 1.20. The third kappa shape index (κ3) is 3.88. The first kappa shape index (κ1) is 16.4. The van der Waals surface area contributed by atoms with Gasteiger partial charge in [0.05, 0.1) is 0 Å². The molecule has 0 unspecified atom stereocenters. The molecule has 0 radical (unpaired) electrons. The Hall–Kier alpha value is -2.48. The predicted molar refractivity (Wildman–Crippen MR) is 93.0 cm³/mol. The standard InChI is InChI=1S/C16H16BrN5O2/c17-12-2-1-3-13(8-12)20-15-9-14(18-10-19-15)16(24)22-6-4-21(11-23)5-7-22/h1-3,8-11H,4-7H2,(H,18,19,20). The Kier molecular flexibility index (Phi) is 5.05. The minimum Gasteiger partial charge on any atom is -0.342 e. The molecule has 1 N–H and O–H groups in total. The summed E-state index contributed by atoms with van der Waals surface area (Å²) in [7, 11) is 0. The van der Waals surface area contributed by atoms with Crippen LogP contribution in [0.3, 0.4) is 0 Å². The van der Waals surface area contributed by atoms with E-state index >= 15 is 0 Å². The highest BCUT2D eigenvalue weighted by Gasteiger charge is 2.22. The van der Waals surface area contributed by atoms with Crippen molar-refractivity contribution in [3.8, 4) is 0 Å². The van der Waals surface area contributed by atoms with Gasteiger partial charge in [-0.3, -0.25) is 9.59 Å². The molecule has 2 aromatic rings. The van der Waals surface area contributed by atoms with Crippen LogP contribution in [0.4, 0.5) is 11.5 Å². The molecule has 2 heterocycles. The number of anilines is 2. The first-order chi connectivity index (χ1) is 11.7. The van der Waals surface area contributed by atoms with E-state index in [1.54, 1.807) is 15.9 Å². The van der Waals surface area contributed by atoms with Crippen LogP contribution < -0.4 is 5.32 Å². The zero-order valence-corrected chi connectivity index (χ0v) is 14.4. The largest absolute Gasteiger partial charge is 0.342 e. The number of hydrogen-bond donors (Lipinski definition) is 1. The minimum atomic E-state index is -0.153. The second-order valence-electron chi connectivity index (χ2n) is 5.36. The van der Waals surface area contributed by atoms with Gasteiger partial charge in [0.15, 0.2) is 0 Å². The van der Waals surface area contributed by atoms with Gasteiger partial charge in [-0.1, -0.05) is 22.0 Å². The van der Waals surface area contributed by atoms with Crippen molar-refractivity contribution < 1.29 is 9.59 Å². The Bertz CT molecular complexity index is 747. The summed E-state index contributed by atoms with van der Waals surface area (Å²) < 4.78 is 0.950. The number of nitrogens with zero attached hydrogens (tertiary/aromatic N) is 4. The van der Waals surface area contributed by atoms with Crippen LogP contribution in [0.1, 0.15) is 10.5 Å². The van der Waals surface area contributed by atoms with Gasteiger partial charge < -0.3 is 15.1 Å². The molecule has 0 aliphatic carbocycles. The highest BCUT2D eigenvalue weighted by atomic mass is 79.9. The fourth-order valence-corrected chi connectivity index (χ4v) is 2.85. The molecule has 24 heavy (non-hydrogen) atoms. The number of amides is 2. The summed E-state index contributed by atoms with van der Waals surface area (Å²) in [5.74, 6) is 0.401. The maximum absolute atomic E-state index is 12.5. The molecule has 1 aromatic heterocycles. The molecule has 1 aliphatic heterocycles. The quantitative estimate of drug-likeness (QED) is 0.807. The predicted octanol–water partition coefficient (Wildman–Crippen LogP) is 1.90. The van der Waals surface area contributed by atoms with Gasteiger partial charge in [0.25, 0.3) is 5.91 Å². The Labute approximate surface area is 147 Å². The highest BCUT2D eigenvalue weighted by molar-refractivity contribution is 9.10. The molecule has 124 valence electrons. The van der Waals surface area contributed by atoms with E-state index in [-0.39, 0.29) is 5.91 Å². The fraction of sp³-hybridized carbons (Fsp3) is 0.250. The van der Waals surface area contributed by atoms with Gasteiger partial charge in [-0.05, 0) is 18.2 Å². The van der Waals surface area contributed by atoms with Crippen molar-refractivity contribution in [1.29, 1.82) is 0 Å². The van der Waals surface area contributed by atoms with Crippen molar-refractivity contribution in [3.63, 3.8) is 0 Å². The Morgan fingerprint density at radius 2 is 1.96 bits per heavy atom. The van der Waals surface area contributed by atoms with Gasteiger partial charge in [-0.2, -0.15) is 0 Å². The average Bonchev–Trinajstić information content (AvgIpc) is 2.61. The van der Waals surface area contributed by atoms with E-state index in [0.29, 0.717) is 37.7 Å². The number of nitrogens with one attached hydrogen (secondary N) is 1. The van der Waals surface area contributed by atoms with Gasteiger partial charge in [-0.15, -0.1) is 0 Å². The van der Waals surface area contributed by atoms with Crippen LogP contribution in [0, 0.1) is 0 Å². The summed E-state index contributed by atoms with van der Waals surface area (Å²) in [6, 6.07) is 9.30. The number of carbonyl (C=O) groups is 2. The second-order valence-corrected chi connectivity index (χ2v) is 6.27. The Morgan fingerprint density at radius 3 is 2.67 bits per heavy atom. The third-order valence-corrected chi connectivity index (χ3v) is 4.23. The van der Waals surface area contributed by atoms with Crippen molar-refractivity contribution in [3.05, 3.63) is 46.8 Å². The van der Waals surface area contributed by atoms with E-state index in [2.05, 4.69) is 31.2 Å². The molecule has 1 fully saturated rings. The number of rotatable bonds is 4. The lowest BCUT2D eigenvalue weighted by atomic mass is 10.2. The first-order valence-electron chi connectivity index (χ1n) is 7.49. The van der Waals surface area contributed by atoms with Crippen LogP contribution in [0.15, 0.2) is 41.1 Å². The van der Waals surface area contributed by atoms with Crippen LogP contribution >= 0.6 is 15.9 Å². The van der Waals surface area contributed by atoms with Crippen LogP contribution in [-0.4, -0.2) is 58.3 Å². The minimum absolute atomic E-state index is 0.153. The molecule has 0 spiro atoms. The molecule has 0 saturated carbocycles. The number of halogens is 1. The van der Waals surface area contributed by atoms with Gasteiger partial charge >= 0.3 is 0 Å². The molecule has 1 aliphatic rings. The van der Waals surface area contributed by atoms with Gasteiger partial charge in [-0.25, -0.2) is 9.97 Å². The summed E-state index contributed by atoms with van der Waals surface area (Å²) in [6.07, 6.45) is 2.18. The highest BCUT2D eigenvalue weighted by Crippen LogP contribution is 2.19. The Morgan fingerprint density at radius 1 is 1.17 bits per heavy atom. The van der Waals surface area contributed by atoms with E-state index in [4.69, 9.17) is 0 Å². The van der Waals surface area contributed by atoms with Gasteiger partial charge in [0, 0.05) is 42.4 Å². The van der Waals surface area contributed by atoms with Gasteiger partial charge in [0.1, 0.15) is 17.8 Å². The molecule has 2 amide bonds. The van der Waals surface area contributed by atoms with Crippen molar-refractivity contribution in [2.24, 2.45) is 0 Å². The van der Waals surface area contributed by atoms with Crippen LogP contribution in [-0.2, 0) is 4.79 Å². The molecule has 7 nitrogen and oxygen atoms in total. The summed E-state index contributed by atoms with van der Waals surface area (Å²) in [4.78, 5) is 34.9. The van der Waals surface area contributed by atoms with E-state index < -0.39 is 0 Å². The zero-order valence-electron chi connectivity index (χ0n) is 12.9. The molecule has 8 heteroatoms. The van der Waals surface area contributed by atoms with E-state index in [1.165, 1.54) is 6.33 Å². The molecule has 1 saturated heterocycles. The topological polar surface area (TPSA) is 78.4 Å². The number of carbonyl (C=O) groups excluding carboxylic acids is 2. The van der Waals surface area contributed by atoms with Crippen LogP contribution in [0.25, 0.3) is 0 Å². The third-order valence-electron chi connectivity index (χ3n) is 3.73. The van der Waals surface area contributed by atoms with Crippen molar-refractivity contribution in [2.75, 3.05) is 31.5 Å². The monoisotopic (exact) mass is 389 g/mol. The maximum Gasteiger partial charge on any atom is 0.272 e. The lowest BCUT2D eigenvalue weighted by Crippen LogP contribution is -2.48. The molecular weight excluding hydrogens is 374 g/mol. The zero-order chi connectivity index (χ0) is 16.9. The summed E-state index contributed by atoms with van der Waals surface area (Å²) in [6.45, 7) is 2.11. The van der Waals surface area contributed by atoms with Crippen LogP contribution in [0.2, 0.25) is 0 Å². The summed E-state index contributed by atoms with van der Waals surface area (Å²) in [5, 5.41) is 3.15. The lowest BCUT2D eigenvalue weighted by Gasteiger charge is -2.32. The fourth-order valence-electron chi connectivity index (χ4n) is 2.45. The lowest BCUT2D eigenvalue weighted by molar-refractivity contribution is -0.119. The maximum atomic E-state index is 12.5. The molecule has 0 atom stereocenters. The van der Waals surface area contributed by atoms with Gasteiger partial charge in [0.2, 0.25) is 6.41 Å². The SMILES string of the molecule is O=CN1CCN(C(=O)c2cc(Nc3cccc(Br)c3)ncn2)CC1. The second kappa shape index (κ2) is 7.39. The molecular formula is C16H16BrN5O2. The number of hydrogen-bond acceptors (Lipinski definition) is 5. The number of aromatic nitrogens is 2. The molecule has 3 rings (SSSR count). The van der Waals surface area contributed by atoms with Crippen molar-refractivity contribution >= 4 is 39.8 Å². The van der Waals surface area contributed by atoms with Crippen LogP contribution in [0.5, 0.6) is 0 Å². The van der Waals surface area contributed by atoms with Crippen molar-refractivity contribution in [2.45, 2.75) is 0 Å². The number of piperazine rings is 1. The first-order valence-corrected chi connectivity index (χ1v) is 8.28. The van der Waals surface area contributed by atoms with Crippen molar-refractivity contribution in [1.82, 2.24) is 19.8 Å². The smallest absolute Gasteiger partial charge is 0.272 e. The summed E-state index contributed by atoms with van der Waals surface area (Å²) >= 11 is 3.41. The van der Waals surface area contributed by atoms with E-state index in [1.807, 2.05) is 24.3 Å². The number of benzene rings is 1. The van der Waals surface area contributed by atoms with E-state index in [9.17, 15) is 9.59 Å². The molecule has 1 aromatic carbocycles. The Balaban J connectivity index is 1.71. The molecule has 0 bridgehead atoms. The normalized spacial score (nSPS) is 14.4. The average molecular weight is 390 g/mol.